The molecule has 29 heavy (non-hydrogen) atoms. The second-order valence-corrected chi connectivity index (χ2v) is 7.91. The molecule has 0 bridgehead atoms. The standard InChI is InChI=1S/C22H23N5OS/c1-3-15-10-7-11-17(12-15)19-18(20(23)28)14(2)24-21-25-22(26-27(19)21)29-13-16-8-5-4-6-9-16/h4-12,19H,3,13H2,1-2H3,(H2,23,28)(H,24,25,26). The molecular formula is C22H23N5OS. The molecule has 7 heteroatoms. The summed E-state index contributed by atoms with van der Waals surface area (Å²) in [5, 5.41) is 8.56. The molecule has 0 aliphatic carbocycles. The van der Waals surface area contributed by atoms with E-state index in [0.29, 0.717) is 22.4 Å². The normalized spacial score (nSPS) is 15.7. The highest BCUT2D eigenvalue weighted by Gasteiger charge is 2.33. The maximum absolute atomic E-state index is 12.3. The Balaban J connectivity index is 1.71. The monoisotopic (exact) mass is 405 g/mol. The smallest absolute Gasteiger partial charge is 0.248 e. The molecule has 148 valence electrons. The lowest BCUT2D eigenvalue weighted by molar-refractivity contribution is -0.115. The van der Waals surface area contributed by atoms with Crippen molar-refractivity contribution in [3.05, 3.63) is 82.6 Å². The van der Waals surface area contributed by atoms with E-state index in [4.69, 9.17) is 10.8 Å². The van der Waals surface area contributed by atoms with E-state index in [1.54, 1.807) is 16.4 Å². The maximum Gasteiger partial charge on any atom is 0.248 e. The Kier molecular flexibility index (Phi) is 5.40. The van der Waals surface area contributed by atoms with Gasteiger partial charge in [-0.1, -0.05) is 73.3 Å². The molecule has 1 atom stereocenters. The Morgan fingerprint density at radius 1 is 1.17 bits per heavy atom. The van der Waals surface area contributed by atoms with Crippen LogP contribution >= 0.6 is 11.8 Å². The predicted molar refractivity (Wildman–Crippen MR) is 116 cm³/mol. The third-order valence-corrected chi connectivity index (χ3v) is 5.89. The van der Waals surface area contributed by atoms with Gasteiger partial charge in [-0.15, -0.1) is 5.10 Å². The Morgan fingerprint density at radius 3 is 2.66 bits per heavy atom. The Hall–Kier alpha value is -3.06. The van der Waals surface area contributed by atoms with E-state index in [2.05, 4.69) is 41.5 Å². The van der Waals surface area contributed by atoms with Crippen molar-refractivity contribution in [1.29, 1.82) is 0 Å². The van der Waals surface area contributed by atoms with Crippen LogP contribution in [-0.4, -0.2) is 20.7 Å². The fourth-order valence-electron chi connectivity index (χ4n) is 3.53. The van der Waals surface area contributed by atoms with Crippen molar-refractivity contribution in [3.8, 4) is 0 Å². The van der Waals surface area contributed by atoms with E-state index in [1.807, 2.05) is 37.3 Å². The zero-order valence-corrected chi connectivity index (χ0v) is 17.2. The summed E-state index contributed by atoms with van der Waals surface area (Å²) in [6, 6.07) is 18.0. The molecule has 0 spiro atoms. The van der Waals surface area contributed by atoms with Crippen molar-refractivity contribution in [2.45, 2.75) is 37.2 Å². The van der Waals surface area contributed by atoms with E-state index in [9.17, 15) is 4.79 Å². The van der Waals surface area contributed by atoms with Crippen LogP contribution in [0.3, 0.4) is 0 Å². The van der Waals surface area contributed by atoms with Gasteiger partial charge in [-0.3, -0.25) is 4.79 Å². The van der Waals surface area contributed by atoms with Crippen LogP contribution < -0.4 is 11.1 Å². The number of carbonyl (C=O) groups excluding carboxylic acids is 1. The molecule has 2 aromatic carbocycles. The number of allylic oxidation sites excluding steroid dienone is 1. The Labute approximate surface area is 174 Å². The molecule has 1 unspecified atom stereocenters. The lowest BCUT2D eigenvalue weighted by atomic mass is 9.94. The van der Waals surface area contributed by atoms with Gasteiger partial charge >= 0.3 is 0 Å². The summed E-state index contributed by atoms with van der Waals surface area (Å²) in [5.41, 5.74) is 10.4. The number of nitrogens with one attached hydrogen (secondary N) is 1. The van der Waals surface area contributed by atoms with Crippen LogP contribution in [0, 0.1) is 0 Å². The molecule has 1 aliphatic heterocycles. The number of primary amides is 1. The summed E-state index contributed by atoms with van der Waals surface area (Å²) < 4.78 is 1.77. The van der Waals surface area contributed by atoms with Gasteiger partial charge in [0.1, 0.15) is 6.04 Å². The molecule has 3 N–H and O–H groups in total. The number of nitrogens with zero attached hydrogens (tertiary/aromatic N) is 3. The minimum absolute atomic E-state index is 0.395. The van der Waals surface area contributed by atoms with Crippen molar-refractivity contribution in [2.75, 3.05) is 5.32 Å². The van der Waals surface area contributed by atoms with Crippen LogP contribution in [0.2, 0.25) is 0 Å². The number of thioether (sulfide) groups is 1. The zero-order valence-electron chi connectivity index (χ0n) is 16.4. The van der Waals surface area contributed by atoms with E-state index in [-0.39, 0.29) is 0 Å². The lowest BCUT2D eigenvalue weighted by Gasteiger charge is -2.27. The third-order valence-electron chi connectivity index (χ3n) is 4.98. The Morgan fingerprint density at radius 2 is 1.93 bits per heavy atom. The molecule has 1 aliphatic rings. The average molecular weight is 406 g/mol. The summed E-state index contributed by atoms with van der Waals surface area (Å²) >= 11 is 1.57. The van der Waals surface area contributed by atoms with Gasteiger partial charge in [0, 0.05) is 11.4 Å². The highest BCUT2D eigenvalue weighted by molar-refractivity contribution is 7.98. The minimum atomic E-state index is -0.457. The van der Waals surface area contributed by atoms with Crippen molar-refractivity contribution in [2.24, 2.45) is 5.73 Å². The molecule has 2 heterocycles. The van der Waals surface area contributed by atoms with Gasteiger partial charge in [0.05, 0.1) is 5.57 Å². The van der Waals surface area contributed by atoms with Gasteiger partial charge < -0.3 is 11.1 Å². The topological polar surface area (TPSA) is 85.8 Å². The number of nitrogens with two attached hydrogens (primary N) is 1. The average Bonchev–Trinajstić information content (AvgIpc) is 3.14. The summed E-state index contributed by atoms with van der Waals surface area (Å²) in [6.07, 6.45) is 0.913. The first-order chi connectivity index (χ1) is 14.1. The summed E-state index contributed by atoms with van der Waals surface area (Å²) in [6.45, 7) is 3.96. The number of rotatable bonds is 6. The number of benzene rings is 2. The maximum atomic E-state index is 12.3. The number of aromatic nitrogens is 3. The first-order valence-corrected chi connectivity index (χ1v) is 10.5. The van der Waals surface area contributed by atoms with E-state index in [1.165, 1.54) is 11.1 Å². The number of aryl methyl sites for hydroxylation is 1. The predicted octanol–water partition coefficient (Wildman–Crippen LogP) is 3.91. The molecule has 3 aromatic rings. The van der Waals surface area contributed by atoms with E-state index < -0.39 is 11.9 Å². The van der Waals surface area contributed by atoms with Crippen molar-refractivity contribution in [1.82, 2.24) is 14.8 Å². The van der Waals surface area contributed by atoms with Crippen molar-refractivity contribution in [3.63, 3.8) is 0 Å². The van der Waals surface area contributed by atoms with Crippen LogP contribution in [0.1, 0.15) is 36.6 Å². The van der Waals surface area contributed by atoms with Crippen LogP contribution in [-0.2, 0) is 17.0 Å². The van der Waals surface area contributed by atoms with Crippen molar-refractivity contribution >= 4 is 23.6 Å². The molecule has 0 saturated carbocycles. The summed E-state index contributed by atoms with van der Waals surface area (Å²) in [7, 11) is 0. The Bertz CT molecular complexity index is 1070. The molecule has 1 amide bonds. The van der Waals surface area contributed by atoms with Crippen molar-refractivity contribution < 1.29 is 4.79 Å². The third kappa shape index (κ3) is 3.91. The fourth-order valence-corrected chi connectivity index (χ4v) is 4.31. The number of hydrogen-bond acceptors (Lipinski definition) is 5. The van der Waals surface area contributed by atoms with Gasteiger partial charge in [-0.25, -0.2) is 4.68 Å². The second kappa shape index (κ2) is 8.13. The SMILES string of the molecule is CCc1cccc(C2C(C(N)=O)=C(C)Nc3nc(SCc4ccccc4)nn32)c1. The van der Waals surface area contributed by atoms with Crippen LogP contribution in [0.5, 0.6) is 0 Å². The number of amides is 1. The zero-order chi connectivity index (χ0) is 20.4. The molecule has 6 nitrogen and oxygen atoms in total. The quantitative estimate of drug-likeness (QED) is 0.608. The van der Waals surface area contributed by atoms with Crippen LogP contribution in [0.4, 0.5) is 5.95 Å². The molecule has 1 aromatic heterocycles. The molecule has 4 rings (SSSR count). The van der Waals surface area contributed by atoms with Gasteiger partial charge in [-0.05, 0) is 30.0 Å². The second-order valence-electron chi connectivity index (χ2n) is 6.97. The van der Waals surface area contributed by atoms with Crippen LogP contribution in [0.25, 0.3) is 0 Å². The highest BCUT2D eigenvalue weighted by atomic mass is 32.2. The molecule has 0 radical (unpaired) electrons. The van der Waals surface area contributed by atoms with Gasteiger partial charge in [0.15, 0.2) is 0 Å². The van der Waals surface area contributed by atoms with E-state index in [0.717, 1.165) is 17.7 Å². The summed E-state index contributed by atoms with van der Waals surface area (Å²) in [5.74, 6) is 0.937. The molecule has 0 saturated heterocycles. The number of carbonyl (C=O) groups is 1. The van der Waals surface area contributed by atoms with Gasteiger partial charge in [-0.2, -0.15) is 4.98 Å². The number of anilines is 1. The van der Waals surface area contributed by atoms with Gasteiger partial charge in [0.25, 0.3) is 0 Å². The number of fused-ring (bicyclic) bond motifs is 1. The molecular weight excluding hydrogens is 382 g/mol. The first-order valence-electron chi connectivity index (χ1n) is 9.56. The fraction of sp³-hybridized carbons (Fsp3) is 0.227. The summed E-state index contributed by atoms with van der Waals surface area (Å²) in [4.78, 5) is 16.9. The molecule has 0 fully saturated rings. The highest BCUT2D eigenvalue weighted by Crippen LogP contribution is 2.36. The minimum Gasteiger partial charge on any atom is -0.366 e. The van der Waals surface area contributed by atoms with E-state index >= 15 is 0 Å². The first kappa shape index (κ1) is 19.3. The van der Waals surface area contributed by atoms with Crippen LogP contribution in [0.15, 0.2) is 71.0 Å². The lowest BCUT2D eigenvalue weighted by Crippen LogP contribution is -2.31. The number of hydrogen-bond donors (Lipinski definition) is 2. The largest absolute Gasteiger partial charge is 0.366 e. The van der Waals surface area contributed by atoms with Gasteiger partial charge in [0.2, 0.25) is 17.0 Å².